The molecule has 1 N–H and O–H groups in total. The van der Waals surface area contributed by atoms with Crippen LogP contribution < -0.4 is 10.2 Å². The maximum Gasteiger partial charge on any atom is 0.0694 e. The van der Waals surface area contributed by atoms with Crippen molar-refractivity contribution in [3.05, 3.63) is 24.0 Å². The van der Waals surface area contributed by atoms with Gasteiger partial charge in [0.1, 0.15) is 0 Å². The van der Waals surface area contributed by atoms with Crippen molar-refractivity contribution >= 4 is 5.69 Å². The summed E-state index contributed by atoms with van der Waals surface area (Å²) in [4.78, 5) is 6.74. The number of aromatic nitrogens is 1. The van der Waals surface area contributed by atoms with Crippen molar-refractivity contribution in [2.24, 2.45) is 5.92 Å². The lowest BCUT2D eigenvalue weighted by Gasteiger charge is -2.44. The van der Waals surface area contributed by atoms with Gasteiger partial charge < -0.3 is 15.0 Å². The second-order valence-electron chi connectivity index (χ2n) is 6.55. The van der Waals surface area contributed by atoms with E-state index < -0.39 is 0 Å². The molecule has 1 aromatic heterocycles. The first-order valence-electron chi connectivity index (χ1n) is 7.50. The van der Waals surface area contributed by atoms with Gasteiger partial charge in [-0.3, -0.25) is 4.98 Å². The van der Waals surface area contributed by atoms with Crippen molar-refractivity contribution in [1.29, 1.82) is 0 Å². The molecule has 1 saturated heterocycles. The molecule has 0 amide bonds. The first-order chi connectivity index (χ1) is 9.50. The van der Waals surface area contributed by atoms with Gasteiger partial charge in [-0.25, -0.2) is 0 Å². The van der Waals surface area contributed by atoms with Crippen LogP contribution in [0.5, 0.6) is 0 Å². The molecule has 0 saturated carbocycles. The minimum absolute atomic E-state index is 0.0341. The summed E-state index contributed by atoms with van der Waals surface area (Å²) in [5.74, 6) is 0.662. The van der Waals surface area contributed by atoms with Crippen LogP contribution in [0.25, 0.3) is 0 Å². The Morgan fingerprint density at radius 2 is 2.25 bits per heavy atom. The summed E-state index contributed by atoms with van der Waals surface area (Å²) in [6, 6.07) is 2.12. The SMILES string of the molecule is CC(C)CNCc1cnccc1N1CCOCC1(C)C. The lowest BCUT2D eigenvalue weighted by Crippen LogP contribution is -2.53. The zero-order valence-electron chi connectivity index (χ0n) is 13.1. The van der Waals surface area contributed by atoms with Crippen LogP contribution in [-0.4, -0.2) is 36.8 Å². The zero-order valence-corrected chi connectivity index (χ0v) is 13.1. The average molecular weight is 277 g/mol. The number of hydrogen-bond donors (Lipinski definition) is 1. The highest BCUT2D eigenvalue weighted by atomic mass is 16.5. The second kappa shape index (κ2) is 6.55. The van der Waals surface area contributed by atoms with Gasteiger partial charge in [-0.05, 0) is 32.4 Å². The third-order valence-corrected chi connectivity index (χ3v) is 3.68. The van der Waals surface area contributed by atoms with Crippen LogP contribution in [-0.2, 0) is 11.3 Å². The molecule has 4 nitrogen and oxygen atoms in total. The molecule has 0 spiro atoms. The Labute approximate surface area is 122 Å². The summed E-state index contributed by atoms with van der Waals surface area (Å²) in [5, 5.41) is 3.51. The number of pyridine rings is 1. The number of morpholine rings is 1. The van der Waals surface area contributed by atoms with Crippen LogP contribution >= 0.6 is 0 Å². The molecule has 4 heteroatoms. The molecule has 0 aromatic carbocycles. The number of nitrogens with one attached hydrogen (secondary N) is 1. The van der Waals surface area contributed by atoms with E-state index in [0.29, 0.717) is 5.92 Å². The quantitative estimate of drug-likeness (QED) is 0.897. The van der Waals surface area contributed by atoms with E-state index in [4.69, 9.17) is 4.74 Å². The van der Waals surface area contributed by atoms with Crippen LogP contribution in [0.15, 0.2) is 18.5 Å². The molecule has 0 atom stereocenters. The third kappa shape index (κ3) is 3.70. The predicted octanol–water partition coefficient (Wildman–Crippen LogP) is 2.44. The number of anilines is 1. The third-order valence-electron chi connectivity index (χ3n) is 3.68. The Morgan fingerprint density at radius 1 is 1.45 bits per heavy atom. The van der Waals surface area contributed by atoms with Crippen LogP contribution in [0.3, 0.4) is 0 Å². The van der Waals surface area contributed by atoms with E-state index in [1.165, 1.54) is 11.3 Å². The lowest BCUT2D eigenvalue weighted by atomic mass is 10.0. The van der Waals surface area contributed by atoms with Crippen molar-refractivity contribution in [2.75, 3.05) is 31.2 Å². The van der Waals surface area contributed by atoms with Gasteiger partial charge in [0.25, 0.3) is 0 Å². The van der Waals surface area contributed by atoms with Gasteiger partial charge in [0.05, 0.1) is 18.8 Å². The maximum atomic E-state index is 5.62. The van der Waals surface area contributed by atoms with Crippen LogP contribution in [0, 0.1) is 5.92 Å². The Balaban J connectivity index is 2.14. The molecule has 0 aliphatic carbocycles. The first-order valence-corrected chi connectivity index (χ1v) is 7.50. The molecule has 1 aromatic rings. The summed E-state index contributed by atoms with van der Waals surface area (Å²) in [6.45, 7) is 13.3. The molecule has 0 radical (unpaired) electrons. The molecule has 112 valence electrons. The zero-order chi connectivity index (χ0) is 14.6. The van der Waals surface area contributed by atoms with E-state index in [-0.39, 0.29) is 5.54 Å². The lowest BCUT2D eigenvalue weighted by molar-refractivity contribution is 0.0643. The Kier molecular flexibility index (Phi) is 5.00. The normalized spacial score (nSPS) is 18.6. The number of nitrogens with zero attached hydrogens (tertiary/aromatic N) is 2. The molecule has 0 bridgehead atoms. The topological polar surface area (TPSA) is 37.4 Å². The summed E-state index contributed by atoms with van der Waals surface area (Å²) in [5.41, 5.74) is 2.58. The molecule has 1 aliphatic heterocycles. The highest BCUT2D eigenvalue weighted by Crippen LogP contribution is 2.29. The van der Waals surface area contributed by atoms with Crippen LogP contribution in [0.2, 0.25) is 0 Å². The molecule has 2 rings (SSSR count). The summed E-state index contributed by atoms with van der Waals surface area (Å²) < 4.78 is 5.62. The fourth-order valence-corrected chi connectivity index (χ4v) is 2.62. The van der Waals surface area contributed by atoms with Crippen molar-refractivity contribution in [1.82, 2.24) is 10.3 Å². The minimum Gasteiger partial charge on any atom is -0.377 e. The molecule has 2 heterocycles. The van der Waals surface area contributed by atoms with E-state index in [0.717, 1.165) is 32.8 Å². The van der Waals surface area contributed by atoms with E-state index in [2.05, 4.69) is 49.0 Å². The first kappa shape index (κ1) is 15.3. The Bertz CT molecular complexity index is 431. The van der Waals surface area contributed by atoms with Gasteiger partial charge >= 0.3 is 0 Å². The minimum atomic E-state index is 0.0341. The maximum absolute atomic E-state index is 5.62. The highest BCUT2D eigenvalue weighted by molar-refractivity contribution is 5.54. The van der Waals surface area contributed by atoms with Crippen molar-refractivity contribution in [3.63, 3.8) is 0 Å². The average Bonchev–Trinajstić information content (AvgIpc) is 2.39. The number of ether oxygens (including phenoxy) is 1. The molecule has 0 unspecified atom stereocenters. The molecule has 1 aliphatic rings. The van der Waals surface area contributed by atoms with Crippen molar-refractivity contribution < 1.29 is 4.74 Å². The monoisotopic (exact) mass is 277 g/mol. The van der Waals surface area contributed by atoms with Gasteiger partial charge in [0, 0.05) is 36.7 Å². The summed E-state index contributed by atoms with van der Waals surface area (Å²) in [6.07, 6.45) is 3.86. The number of hydrogen-bond acceptors (Lipinski definition) is 4. The smallest absolute Gasteiger partial charge is 0.0694 e. The van der Waals surface area contributed by atoms with Gasteiger partial charge in [-0.15, -0.1) is 0 Å². The van der Waals surface area contributed by atoms with Gasteiger partial charge in [-0.1, -0.05) is 13.8 Å². The molecular formula is C16H27N3O. The van der Waals surface area contributed by atoms with Gasteiger partial charge in [0.15, 0.2) is 0 Å². The highest BCUT2D eigenvalue weighted by Gasteiger charge is 2.31. The van der Waals surface area contributed by atoms with E-state index in [1.807, 2.05) is 12.4 Å². The summed E-state index contributed by atoms with van der Waals surface area (Å²) >= 11 is 0. The van der Waals surface area contributed by atoms with Gasteiger partial charge in [-0.2, -0.15) is 0 Å². The standard InChI is InChI=1S/C16H27N3O/c1-13(2)9-18-11-14-10-17-6-5-15(14)19-7-8-20-12-16(19,3)4/h5-6,10,13,18H,7-9,11-12H2,1-4H3. The Hall–Kier alpha value is -1.13. The van der Waals surface area contributed by atoms with E-state index in [9.17, 15) is 0 Å². The van der Waals surface area contributed by atoms with Gasteiger partial charge in [0.2, 0.25) is 0 Å². The van der Waals surface area contributed by atoms with Crippen LogP contribution in [0.1, 0.15) is 33.3 Å². The molecule has 1 fully saturated rings. The Morgan fingerprint density at radius 3 is 2.95 bits per heavy atom. The second-order valence-corrected chi connectivity index (χ2v) is 6.55. The number of rotatable bonds is 5. The largest absolute Gasteiger partial charge is 0.377 e. The van der Waals surface area contributed by atoms with Crippen molar-refractivity contribution in [2.45, 2.75) is 39.8 Å². The van der Waals surface area contributed by atoms with Crippen molar-refractivity contribution in [3.8, 4) is 0 Å². The predicted molar refractivity (Wildman–Crippen MR) is 83.0 cm³/mol. The van der Waals surface area contributed by atoms with Crippen LogP contribution in [0.4, 0.5) is 5.69 Å². The fourth-order valence-electron chi connectivity index (χ4n) is 2.62. The van der Waals surface area contributed by atoms with E-state index in [1.54, 1.807) is 0 Å². The van der Waals surface area contributed by atoms with E-state index >= 15 is 0 Å². The molecular weight excluding hydrogens is 250 g/mol. The summed E-state index contributed by atoms with van der Waals surface area (Å²) in [7, 11) is 0. The molecule has 20 heavy (non-hydrogen) atoms. The fraction of sp³-hybridized carbons (Fsp3) is 0.688.